The first-order valence-electron chi connectivity index (χ1n) is 6.76. The van der Waals surface area contributed by atoms with Gasteiger partial charge in [-0.1, -0.05) is 19.1 Å². The minimum absolute atomic E-state index is 0.207. The smallest absolute Gasteiger partial charge is 0.0991 e. The number of nitrogens with zero attached hydrogens (tertiary/aromatic N) is 2. The van der Waals surface area contributed by atoms with Crippen molar-refractivity contribution in [3.8, 4) is 6.07 Å². The van der Waals surface area contributed by atoms with Gasteiger partial charge in [0, 0.05) is 12.1 Å². The van der Waals surface area contributed by atoms with E-state index in [2.05, 4.69) is 30.0 Å². The number of hydrogen-bond donors (Lipinski definition) is 1. The predicted molar refractivity (Wildman–Crippen MR) is 73.0 cm³/mol. The van der Waals surface area contributed by atoms with Crippen molar-refractivity contribution in [2.24, 2.45) is 5.73 Å². The molecule has 2 atom stereocenters. The van der Waals surface area contributed by atoms with Crippen LogP contribution in [0.25, 0.3) is 0 Å². The fourth-order valence-electron chi connectivity index (χ4n) is 2.85. The van der Waals surface area contributed by atoms with Gasteiger partial charge in [0.2, 0.25) is 0 Å². The number of piperidine rings is 1. The van der Waals surface area contributed by atoms with Gasteiger partial charge in [0.1, 0.15) is 0 Å². The van der Waals surface area contributed by atoms with Crippen molar-refractivity contribution in [2.45, 2.75) is 38.3 Å². The van der Waals surface area contributed by atoms with Crippen LogP contribution in [0, 0.1) is 11.3 Å². The molecule has 3 heteroatoms. The van der Waals surface area contributed by atoms with E-state index < -0.39 is 0 Å². The van der Waals surface area contributed by atoms with Crippen LogP contribution in [0.15, 0.2) is 24.3 Å². The Morgan fingerprint density at radius 2 is 2.11 bits per heavy atom. The van der Waals surface area contributed by atoms with E-state index in [1.54, 1.807) is 0 Å². The van der Waals surface area contributed by atoms with E-state index in [1.165, 1.54) is 12.0 Å². The first-order chi connectivity index (χ1) is 8.76. The van der Waals surface area contributed by atoms with Crippen molar-refractivity contribution in [3.05, 3.63) is 35.4 Å². The lowest BCUT2D eigenvalue weighted by atomic mass is 9.90. The van der Waals surface area contributed by atoms with E-state index in [0.717, 1.165) is 25.9 Å². The molecule has 2 rings (SSSR count). The number of benzene rings is 1. The molecule has 0 saturated carbocycles. The lowest BCUT2D eigenvalue weighted by Gasteiger charge is -2.40. The van der Waals surface area contributed by atoms with Crippen molar-refractivity contribution in [3.63, 3.8) is 0 Å². The average Bonchev–Trinajstić information content (AvgIpc) is 2.40. The van der Waals surface area contributed by atoms with Crippen molar-refractivity contribution in [2.75, 3.05) is 13.1 Å². The molecule has 0 bridgehead atoms. The average molecular weight is 243 g/mol. The van der Waals surface area contributed by atoms with Gasteiger partial charge in [0.15, 0.2) is 0 Å². The van der Waals surface area contributed by atoms with Gasteiger partial charge in [-0.05, 0) is 50.0 Å². The summed E-state index contributed by atoms with van der Waals surface area (Å²) in [5.74, 6) is 0. The largest absolute Gasteiger partial charge is 0.326 e. The molecule has 1 aliphatic rings. The summed E-state index contributed by atoms with van der Waals surface area (Å²) < 4.78 is 0. The maximum atomic E-state index is 8.84. The molecule has 0 aromatic heterocycles. The second-order valence-corrected chi connectivity index (χ2v) is 5.02. The van der Waals surface area contributed by atoms with Gasteiger partial charge in [0.05, 0.1) is 11.6 Å². The molecule has 0 amide bonds. The molecule has 96 valence electrons. The summed E-state index contributed by atoms with van der Waals surface area (Å²) in [6.45, 7) is 4.43. The molecule has 1 aromatic rings. The third-order valence-corrected chi connectivity index (χ3v) is 3.67. The van der Waals surface area contributed by atoms with Crippen LogP contribution in [0.3, 0.4) is 0 Å². The van der Waals surface area contributed by atoms with Gasteiger partial charge < -0.3 is 5.73 Å². The Hall–Kier alpha value is -1.37. The lowest BCUT2D eigenvalue weighted by Crippen LogP contribution is -2.46. The molecule has 0 radical (unpaired) electrons. The molecule has 3 nitrogen and oxygen atoms in total. The zero-order valence-electron chi connectivity index (χ0n) is 11.0. The first-order valence-corrected chi connectivity index (χ1v) is 6.76. The third kappa shape index (κ3) is 2.72. The van der Waals surface area contributed by atoms with Crippen molar-refractivity contribution in [1.29, 1.82) is 5.26 Å². The Kier molecular flexibility index (Phi) is 4.35. The number of hydrogen-bond acceptors (Lipinski definition) is 3. The van der Waals surface area contributed by atoms with Crippen molar-refractivity contribution >= 4 is 0 Å². The molecule has 2 N–H and O–H groups in total. The van der Waals surface area contributed by atoms with Crippen molar-refractivity contribution < 1.29 is 0 Å². The highest BCUT2D eigenvalue weighted by atomic mass is 15.2. The fourth-order valence-corrected chi connectivity index (χ4v) is 2.85. The zero-order chi connectivity index (χ0) is 13.0. The van der Waals surface area contributed by atoms with Crippen LogP contribution >= 0.6 is 0 Å². The van der Waals surface area contributed by atoms with E-state index in [4.69, 9.17) is 11.0 Å². The Morgan fingerprint density at radius 1 is 1.39 bits per heavy atom. The van der Waals surface area contributed by atoms with Crippen molar-refractivity contribution in [1.82, 2.24) is 4.90 Å². The Balaban J connectivity index is 2.22. The lowest BCUT2D eigenvalue weighted by molar-refractivity contribution is 0.128. The van der Waals surface area contributed by atoms with Crippen LogP contribution in [-0.2, 0) is 0 Å². The standard InChI is InChI=1S/C15H21N3/c1-2-9-18-10-3-4-14(17)15(18)13-7-5-12(11-16)6-8-13/h5-8,14-15H,2-4,9-10,17H2,1H3. The molecule has 0 spiro atoms. The molecule has 1 saturated heterocycles. The highest BCUT2D eigenvalue weighted by Gasteiger charge is 2.29. The second kappa shape index (κ2) is 5.99. The van der Waals surface area contributed by atoms with E-state index in [0.29, 0.717) is 11.6 Å². The minimum atomic E-state index is 0.207. The normalized spacial score (nSPS) is 24.7. The summed E-state index contributed by atoms with van der Waals surface area (Å²) in [6.07, 6.45) is 3.43. The molecule has 1 aromatic carbocycles. The van der Waals surface area contributed by atoms with Crippen LogP contribution in [0.4, 0.5) is 0 Å². The van der Waals surface area contributed by atoms with E-state index in [1.807, 2.05) is 12.1 Å². The van der Waals surface area contributed by atoms with Gasteiger partial charge in [-0.3, -0.25) is 4.90 Å². The topological polar surface area (TPSA) is 53.0 Å². The Morgan fingerprint density at radius 3 is 2.72 bits per heavy atom. The second-order valence-electron chi connectivity index (χ2n) is 5.02. The summed E-state index contributed by atoms with van der Waals surface area (Å²) in [5.41, 5.74) is 8.25. The molecule has 0 aliphatic carbocycles. The first kappa shape index (κ1) is 13.1. The maximum absolute atomic E-state index is 8.84. The number of likely N-dealkylation sites (tertiary alicyclic amines) is 1. The van der Waals surface area contributed by atoms with Gasteiger partial charge in [-0.15, -0.1) is 0 Å². The van der Waals surface area contributed by atoms with E-state index >= 15 is 0 Å². The molecule has 1 aliphatic heterocycles. The van der Waals surface area contributed by atoms with E-state index in [9.17, 15) is 0 Å². The summed E-state index contributed by atoms with van der Waals surface area (Å²) in [6, 6.07) is 10.6. The predicted octanol–water partition coefficient (Wildman–Crippen LogP) is 2.43. The zero-order valence-corrected chi connectivity index (χ0v) is 11.0. The summed E-state index contributed by atoms with van der Waals surface area (Å²) in [4.78, 5) is 2.48. The summed E-state index contributed by atoms with van der Waals surface area (Å²) >= 11 is 0. The number of nitrogens with two attached hydrogens (primary N) is 1. The minimum Gasteiger partial charge on any atom is -0.326 e. The Labute approximate surface area is 109 Å². The van der Waals surface area contributed by atoms with Crippen LogP contribution in [0.2, 0.25) is 0 Å². The Bertz CT molecular complexity index is 416. The molecular weight excluding hydrogens is 222 g/mol. The van der Waals surface area contributed by atoms with Gasteiger partial charge in [0.25, 0.3) is 0 Å². The highest BCUT2D eigenvalue weighted by molar-refractivity contribution is 5.33. The van der Waals surface area contributed by atoms with Crippen LogP contribution in [-0.4, -0.2) is 24.0 Å². The molecule has 1 fully saturated rings. The van der Waals surface area contributed by atoms with Gasteiger partial charge in [-0.2, -0.15) is 5.26 Å². The quantitative estimate of drug-likeness (QED) is 0.887. The van der Waals surface area contributed by atoms with Crippen LogP contribution in [0.5, 0.6) is 0 Å². The summed E-state index contributed by atoms with van der Waals surface area (Å²) in [7, 11) is 0. The monoisotopic (exact) mass is 243 g/mol. The third-order valence-electron chi connectivity index (χ3n) is 3.67. The fraction of sp³-hybridized carbons (Fsp3) is 0.533. The SMILES string of the molecule is CCCN1CCCC(N)C1c1ccc(C#N)cc1. The van der Waals surface area contributed by atoms with Crippen LogP contribution < -0.4 is 5.73 Å². The van der Waals surface area contributed by atoms with Crippen LogP contribution in [0.1, 0.15) is 43.4 Å². The molecule has 2 unspecified atom stereocenters. The number of rotatable bonds is 3. The van der Waals surface area contributed by atoms with Gasteiger partial charge in [-0.25, -0.2) is 0 Å². The highest BCUT2D eigenvalue weighted by Crippen LogP contribution is 2.30. The van der Waals surface area contributed by atoms with Gasteiger partial charge >= 0.3 is 0 Å². The molecule has 18 heavy (non-hydrogen) atoms. The maximum Gasteiger partial charge on any atom is 0.0991 e. The number of nitriles is 1. The summed E-state index contributed by atoms with van der Waals surface area (Å²) in [5, 5.41) is 8.84. The molecular formula is C15H21N3. The molecule has 1 heterocycles. The van der Waals surface area contributed by atoms with E-state index in [-0.39, 0.29) is 6.04 Å².